The number of nitrogens with zero attached hydrogens (tertiary/aromatic N) is 3. The largest absolute Gasteiger partial charge is 0.369 e. The molecule has 0 atom stereocenters. The first-order valence-corrected chi connectivity index (χ1v) is 10.1. The van der Waals surface area contributed by atoms with Crippen LogP contribution in [0.4, 0.5) is 20.4 Å². The molecule has 0 unspecified atom stereocenters. The molecule has 0 bridgehead atoms. The van der Waals surface area contributed by atoms with Crippen LogP contribution in [0.15, 0.2) is 29.2 Å². The number of anilines is 2. The lowest BCUT2D eigenvalue weighted by atomic mass is 10.3. The molecule has 1 fully saturated rings. The van der Waals surface area contributed by atoms with Crippen molar-refractivity contribution in [3.8, 4) is 0 Å². The second-order valence-corrected chi connectivity index (χ2v) is 7.99. The van der Waals surface area contributed by atoms with Crippen molar-refractivity contribution in [3.05, 3.63) is 41.7 Å². The third-order valence-corrected chi connectivity index (χ3v) is 5.66. The predicted molar refractivity (Wildman–Crippen MR) is 98.3 cm³/mol. The Morgan fingerprint density at radius 2 is 1.85 bits per heavy atom. The zero-order valence-corrected chi connectivity index (χ0v) is 15.7. The first-order chi connectivity index (χ1) is 12.8. The Bertz CT molecular complexity index is 918. The van der Waals surface area contributed by atoms with Gasteiger partial charge in [0, 0.05) is 38.3 Å². The van der Waals surface area contributed by atoms with Crippen LogP contribution in [-0.4, -0.2) is 44.6 Å². The van der Waals surface area contributed by atoms with Gasteiger partial charge in [-0.05, 0) is 31.9 Å². The van der Waals surface area contributed by atoms with Gasteiger partial charge in [0.25, 0.3) is 0 Å². The van der Waals surface area contributed by atoms with Crippen LogP contribution in [-0.2, 0) is 10.0 Å². The Hall–Kier alpha value is -2.33. The molecule has 2 aromatic rings. The summed E-state index contributed by atoms with van der Waals surface area (Å²) >= 11 is 0. The van der Waals surface area contributed by atoms with E-state index in [0.29, 0.717) is 17.7 Å². The van der Waals surface area contributed by atoms with E-state index in [1.54, 1.807) is 6.92 Å². The summed E-state index contributed by atoms with van der Waals surface area (Å²) < 4.78 is 53.1. The molecule has 1 aromatic carbocycles. The third kappa shape index (κ3) is 4.89. The fourth-order valence-electron chi connectivity index (χ4n) is 2.90. The molecule has 0 spiro atoms. The Morgan fingerprint density at radius 3 is 2.56 bits per heavy atom. The van der Waals surface area contributed by atoms with Crippen LogP contribution in [0, 0.1) is 18.6 Å². The van der Waals surface area contributed by atoms with Crippen molar-refractivity contribution in [3.63, 3.8) is 0 Å². The highest BCUT2D eigenvalue weighted by atomic mass is 32.2. The van der Waals surface area contributed by atoms with E-state index in [1.165, 1.54) is 0 Å². The van der Waals surface area contributed by atoms with Gasteiger partial charge in [0.05, 0.1) is 0 Å². The number of sulfonamides is 1. The molecule has 3 rings (SSSR count). The maximum Gasteiger partial charge on any atom is 0.243 e. The summed E-state index contributed by atoms with van der Waals surface area (Å²) in [6.07, 6.45) is 2.26. The van der Waals surface area contributed by atoms with Crippen LogP contribution < -0.4 is 14.9 Å². The molecule has 1 aliphatic heterocycles. The molecule has 1 aliphatic rings. The SMILES string of the molecule is Cc1nc(NCCNS(=O)(=O)c2ccc(F)cc2F)cc(N2CCCC2)n1. The van der Waals surface area contributed by atoms with E-state index in [9.17, 15) is 17.2 Å². The van der Waals surface area contributed by atoms with Gasteiger partial charge in [-0.15, -0.1) is 0 Å². The Labute approximate surface area is 156 Å². The van der Waals surface area contributed by atoms with Crippen molar-refractivity contribution in [2.75, 3.05) is 36.4 Å². The minimum absolute atomic E-state index is 0.0151. The third-order valence-electron chi connectivity index (χ3n) is 4.16. The highest BCUT2D eigenvalue weighted by Gasteiger charge is 2.19. The molecule has 1 saturated heterocycles. The molecule has 2 heterocycles. The van der Waals surface area contributed by atoms with Gasteiger partial charge in [0.2, 0.25) is 10.0 Å². The smallest absolute Gasteiger partial charge is 0.243 e. The number of hydrogen-bond donors (Lipinski definition) is 2. The van der Waals surface area contributed by atoms with E-state index in [2.05, 4.69) is 24.9 Å². The van der Waals surface area contributed by atoms with Crippen molar-refractivity contribution in [2.45, 2.75) is 24.7 Å². The molecule has 0 radical (unpaired) electrons. The summed E-state index contributed by atoms with van der Waals surface area (Å²) in [5.41, 5.74) is 0. The normalized spacial score (nSPS) is 14.6. The molecular formula is C17H21F2N5O2S. The van der Waals surface area contributed by atoms with Crippen molar-refractivity contribution in [1.29, 1.82) is 0 Å². The minimum Gasteiger partial charge on any atom is -0.369 e. The maximum atomic E-state index is 13.7. The number of halogens is 2. The van der Waals surface area contributed by atoms with Crippen LogP contribution in [0.1, 0.15) is 18.7 Å². The summed E-state index contributed by atoms with van der Waals surface area (Å²) in [5, 5.41) is 3.04. The molecule has 0 amide bonds. The predicted octanol–water partition coefficient (Wildman–Crippen LogP) is 2.05. The monoisotopic (exact) mass is 397 g/mol. The van der Waals surface area contributed by atoms with Crippen LogP contribution in [0.25, 0.3) is 0 Å². The molecule has 146 valence electrons. The summed E-state index contributed by atoms with van der Waals surface area (Å²) in [5.74, 6) is 0.0992. The van der Waals surface area contributed by atoms with Gasteiger partial charge >= 0.3 is 0 Å². The van der Waals surface area contributed by atoms with Crippen molar-refractivity contribution in [2.24, 2.45) is 0 Å². The molecule has 27 heavy (non-hydrogen) atoms. The highest BCUT2D eigenvalue weighted by Crippen LogP contribution is 2.20. The molecule has 2 N–H and O–H groups in total. The van der Waals surface area contributed by atoms with E-state index < -0.39 is 26.6 Å². The molecule has 1 aromatic heterocycles. The number of aromatic nitrogens is 2. The van der Waals surface area contributed by atoms with E-state index in [1.807, 2.05) is 6.07 Å². The van der Waals surface area contributed by atoms with Crippen molar-refractivity contribution in [1.82, 2.24) is 14.7 Å². The van der Waals surface area contributed by atoms with E-state index in [4.69, 9.17) is 0 Å². The Balaban J connectivity index is 1.58. The quantitative estimate of drug-likeness (QED) is 0.696. The average Bonchev–Trinajstić information content (AvgIpc) is 3.12. The topological polar surface area (TPSA) is 87.2 Å². The molecule has 10 heteroatoms. The van der Waals surface area contributed by atoms with Gasteiger partial charge in [-0.3, -0.25) is 0 Å². The number of benzene rings is 1. The van der Waals surface area contributed by atoms with Crippen molar-refractivity contribution >= 4 is 21.7 Å². The zero-order valence-electron chi connectivity index (χ0n) is 14.9. The van der Waals surface area contributed by atoms with E-state index >= 15 is 0 Å². The average molecular weight is 397 g/mol. The molecule has 7 nitrogen and oxygen atoms in total. The summed E-state index contributed by atoms with van der Waals surface area (Å²) in [4.78, 5) is 10.3. The lowest BCUT2D eigenvalue weighted by Gasteiger charge is -2.17. The van der Waals surface area contributed by atoms with Gasteiger partial charge in [-0.25, -0.2) is 31.9 Å². The van der Waals surface area contributed by atoms with Crippen molar-refractivity contribution < 1.29 is 17.2 Å². The van der Waals surface area contributed by atoms with Gasteiger partial charge in [0.1, 0.15) is 34.0 Å². The number of hydrogen-bond acceptors (Lipinski definition) is 6. The lowest BCUT2D eigenvalue weighted by Crippen LogP contribution is -2.30. The van der Waals surface area contributed by atoms with Crippen LogP contribution in [0.5, 0.6) is 0 Å². The Kier molecular flexibility index (Phi) is 5.85. The van der Waals surface area contributed by atoms with Gasteiger partial charge in [-0.2, -0.15) is 0 Å². The molecule has 0 saturated carbocycles. The standard InChI is InChI=1S/C17H21F2N5O2S/c1-12-22-16(11-17(23-12)24-8-2-3-9-24)20-6-7-21-27(25,26)15-5-4-13(18)10-14(15)19/h4-5,10-11,21H,2-3,6-9H2,1H3,(H,20,22,23). The molecule has 0 aliphatic carbocycles. The first kappa shape index (κ1) is 19.4. The van der Waals surface area contributed by atoms with E-state index in [0.717, 1.165) is 43.9 Å². The van der Waals surface area contributed by atoms with E-state index in [-0.39, 0.29) is 13.1 Å². The summed E-state index contributed by atoms with van der Waals surface area (Å²) in [6.45, 7) is 3.97. The minimum atomic E-state index is -4.06. The number of rotatable bonds is 7. The summed E-state index contributed by atoms with van der Waals surface area (Å²) in [7, 11) is -4.06. The second-order valence-electron chi connectivity index (χ2n) is 6.25. The van der Waals surface area contributed by atoms with Crippen LogP contribution in [0.2, 0.25) is 0 Å². The zero-order chi connectivity index (χ0) is 19.4. The summed E-state index contributed by atoms with van der Waals surface area (Å²) in [6, 6.07) is 4.17. The highest BCUT2D eigenvalue weighted by molar-refractivity contribution is 7.89. The number of aryl methyl sites for hydroxylation is 1. The van der Waals surface area contributed by atoms with Crippen LogP contribution in [0.3, 0.4) is 0 Å². The maximum absolute atomic E-state index is 13.7. The molecular weight excluding hydrogens is 376 g/mol. The Morgan fingerprint density at radius 1 is 1.11 bits per heavy atom. The van der Waals surface area contributed by atoms with Crippen LogP contribution >= 0.6 is 0 Å². The number of nitrogens with one attached hydrogen (secondary N) is 2. The second kappa shape index (κ2) is 8.13. The fourth-order valence-corrected chi connectivity index (χ4v) is 3.99. The fraction of sp³-hybridized carbons (Fsp3) is 0.412. The lowest BCUT2D eigenvalue weighted by molar-refractivity contribution is 0.543. The van der Waals surface area contributed by atoms with Gasteiger partial charge in [0.15, 0.2) is 0 Å². The van der Waals surface area contributed by atoms with Gasteiger partial charge < -0.3 is 10.2 Å². The van der Waals surface area contributed by atoms with Gasteiger partial charge in [-0.1, -0.05) is 0 Å². The first-order valence-electron chi connectivity index (χ1n) is 8.64.